The minimum absolute atomic E-state index is 0.0793. The Bertz CT molecular complexity index is 702. The maximum Gasteiger partial charge on any atom is 0.408 e. The first-order valence-electron chi connectivity index (χ1n) is 9.21. The van der Waals surface area contributed by atoms with E-state index in [0.29, 0.717) is 12.8 Å². The number of nitrogens with zero attached hydrogens (tertiary/aromatic N) is 1. The van der Waals surface area contributed by atoms with Crippen molar-refractivity contribution in [3.63, 3.8) is 0 Å². The lowest BCUT2D eigenvalue weighted by molar-refractivity contribution is -0.139. The lowest BCUT2D eigenvalue weighted by Crippen LogP contribution is -2.48. The monoisotopic (exact) mass is 408 g/mol. The summed E-state index contributed by atoms with van der Waals surface area (Å²) in [4.78, 5) is 51.3. The van der Waals surface area contributed by atoms with Gasteiger partial charge in [0.25, 0.3) is 5.91 Å². The van der Waals surface area contributed by atoms with E-state index < -0.39 is 35.5 Å². The molecule has 0 aliphatic heterocycles. The molecular formula is C19H28N4O6. The topological polar surface area (TPSA) is 150 Å². The molecule has 10 nitrogen and oxygen atoms in total. The van der Waals surface area contributed by atoms with Gasteiger partial charge in [-0.2, -0.15) is 0 Å². The molecule has 0 spiro atoms. The molecule has 0 aliphatic rings. The summed E-state index contributed by atoms with van der Waals surface area (Å²) in [6, 6.07) is 2.39. The second-order valence-corrected chi connectivity index (χ2v) is 7.27. The Kier molecular flexibility index (Phi) is 9.57. The molecule has 3 amide bonds. The summed E-state index contributed by atoms with van der Waals surface area (Å²) in [5.74, 6) is -1.63. The Balaban J connectivity index is 2.65. The maximum atomic E-state index is 12.5. The van der Waals surface area contributed by atoms with Crippen molar-refractivity contribution in [1.29, 1.82) is 0 Å². The summed E-state index contributed by atoms with van der Waals surface area (Å²) in [5, 5.41) is 4.95. The first kappa shape index (κ1) is 23.9. The van der Waals surface area contributed by atoms with Crippen molar-refractivity contribution < 1.29 is 28.7 Å². The van der Waals surface area contributed by atoms with Crippen molar-refractivity contribution in [3.05, 3.63) is 30.1 Å². The lowest BCUT2D eigenvalue weighted by atomic mass is 10.0. The number of nitrogens with one attached hydrogen (secondary N) is 2. The van der Waals surface area contributed by atoms with Crippen LogP contribution < -0.4 is 16.4 Å². The number of ether oxygens (including phenoxy) is 2. The number of Topliss-reactive ketones (excluding diaryl/α,β-unsaturated/α-hetero) is 1. The summed E-state index contributed by atoms with van der Waals surface area (Å²) in [6.07, 6.45) is 2.47. The zero-order valence-electron chi connectivity index (χ0n) is 16.9. The lowest BCUT2D eigenvalue weighted by Gasteiger charge is -2.23. The molecule has 0 aromatic carbocycles. The zero-order valence-corrected chi connectivity index (χ0v) is 16.9. The van der Waals surface area contributed by atoms with Gasteiger partial charge in [0.05, 0.1) is 6.61 Å². The van der Waals surface area contributed by atoms with Gasteiger partial charge in [0.15, 0.2) is 0 Å². The first-order chi connectivity index (χ1) is 13.6. The van der Waals surface area contributed by atoms with Gasteiger partial charge in [-0.3, -0.25) is 14.6 Å². The molecule has 0 fully saturated rings. The van der Waals surface area contributed by atoms with Crippen LogP contribution in [0.5, 0.6) is 0 Å². The summed E-state index contributed by atoms with van der Waals surface area (Å²) in [7, 11) is 0. The van der Waals surface area contributed by atoms with Crippen LogP contribution in [0.3, 0.4) is 0 Å². The minimum Gasteiger partial charge on any atom is -0.450 e. The van der Waals surface area contributed by atoms with E-state index in [-0.39, 0.29) is 19.6 Å². The van der Waals surface area contributed by atoms with Crippen molar-refractivity contribution in [2.75, 3.05) is 6.61 Å². The normalized spacial score (nSPS) is 11.8. The number of carbonyl (C=O) groups is 4. The van der Waals surface area contributed by atoms with E-state index >= 15 is 0 Å². The molecule has 1 aromatic rings. The quantitative estimate of drug-likeness (QED) is 0.391. The summed E-state index contributed by atoms with van der Waals surface area (Å²) < 4.78 is 9.78. The number of hydrogen-bond donors (Lipinski definition) is 3. The van der Waals surface area contributed by atoms with Crippen LogP contribution in [0.4, 0.5) is 9.59 Å². The van der Waals surface area contributed by atoms with Crippen molar-refractivity contribution in [3.8, 4) is 0 Å². The fourth-order valence-electron chi connectivity index (χ4n) is 2.27. The minimum atomic E-state index is -1.08. The van der Waals surface area contributed by atoms with E-state index in [1.54, 1.807) is 45.3 Å². The Morgan fingerprint density at radius 3 is 2.52 bits per heavy atom. The van der Waals surface area contributed by atoms with E-state index in [9.17, 15) is 19.2 Å². The van der Waals surface area contributed by atoms with Crippen molar-refractivity contribution >= 4 is 23.9 Å². The predicted octanol–water partition coefficient (Wildman–Crippen LogP) is 1.43. The van der Waals surface area contributed by atoms with Gasteiger partial charge in [0, 0.05) is 18.9 Å². The van der Waals surface area contributed by atoms with Crippen LogP contribution >= 0.6 is 0 Å². The molecule has 1 rings (SSSR count). The smallest absolute Gasteiger partial charge is 0.408 e. The fraction of sp³-hybridized carbons (Fsp3) is 0.526. The second-order valence-electron chi connectivity index (χ2n) is 7.27. The average Bonchev–Trinajstić information content (AvgIpc) is 2.63. The van der Waals surface area contributed by atoms with Crippen molar-refractivity contribution in [1.82, 2.24) is 15.6 Å². The number of amides is 3. The summed E-state index contributed by atoms with van der Waals surface area (Å²) in [6.45, 7) is 5.27. The van der Waals surface area contributed by atoms with Crippen LogP contribution in [0.1, 0.15) is 45.6 Å². The molecule has 0 radical (unpaired) electrons. The zero-order chi connectivity index (χ0) is 21.9. The first-order valence-corrected chi connectivity index (χ1v) is 9.21. The number of unbranched alkanes of at least 4 members (excludes halogenated alkanes) is 1. The van der Waals surface area contributed by atoms with Gasteiger partial charge in [0.2, 0.25) is 5.78 Å². The van der Waals surface area contributed by atoms with E-state index in [1.807, 2.05) is 0 Å². The third-order valence-corrected chi connectivity index (χ3v) is 3.54. The van der Waals surface area contributed by atoms with Crippen LogP contribution in [0, 0.1) is 0 Å². The van der Waals surface area contributed by atoms with E-state index in [4.69, 9.17) is 10.5 Å². The van der Waals surface area contributed by atoms with Crippen LogP contribution in [0.25, 0.3) is 0 Å². The van der Waals surface area contributed by atoms with Crippen LogP contribution in [0.15, 0.2) is 24.5 Å². The molecule has 0 saturated carbocycles. The van der Waals surface area contributed by atoms with Gasteiger partial charge in [0.1, 0.15) is 11.6 Å². The Labute approximate surface area is 169 Å². The van der Waals surface area contributed by atoms with Gasteiger partial charge in [-0.05, 0) is 51.7 Å². The van der Waals surface area contributed by atoms with Gasteiger partial charge in [-0.1, -0.05) is 6.07 Å². The highest BCUT2D eigenvalue weighted by molar-refractivity contribution is 6.38. The van der Waals surface area contributed by atoms with Gasteiger partial charge < -0.3 is 25.8 Å². The van der Waals surface area contributed by atoms with E-state index in [0.717, 1.165) is 5.56 Å². The SMILES string of the molecule is CC(C)(C)OC(=O)N[C@@H](CCCCOC(N)=O)C(=O)C(=O)NCc1cccnc1. The highest BCUT2D eigenvalue weighted by Crippen LogP contribution is 2.09. The molecule has 0 unspecified atom stereocenters. The molecule has 1 atom stereocenters. The standard InChI is InChI=1S/C19H28N4O6/c1-19(2,3)29-18(27)23-14(8-4-5-10-28-17(20)26)15(24)16(25)22-12-13-7-6-9-21-11-13/h6-7,9,11,14H,4-5,8,10,12H2,1-3H3,(H2,20,26)(H,22,25)(H,23,27)/t14-/m0/s1. The molecular weight excluding hydrogens is 380 g/mol. The number of aromatic nitrogens is 1. The molecule has 1 heterocycles. The number of carbonyl (C=O) groups excluding carboxylic acids is 4. The van der Waals surface area contributed by atoms with Crippen LogP contribution in [-0.2, 0) is 25.6 Å². The Morgan fingerprint density at radius 1 is 1.21 bits per heavy atom. The van der Waals surface area contributed by atoms with Crippen molar-refractivity contribution in [2.45, 2.75) is 58.2 Å². The van der Waals surface area contributed by atoms with E-state index in [1.165, 1.54) is 0 Å². The van der Waals surface area contributed by atoms with E-state index in [2.05, 4.69) is 20.4 Å². The maximum absolute atomic E-state index is 12.5. The second kappa shape index (κ2) is 11.6. The number of rotatable bonds is 10. The summed E-state index contributed by atoms with van der Waals surface area (Å²) >= 11 is 0. The number of ketones is 1. The molecule has 4 N–H and O–H groups in total. The largest absolute Gasteiger partial charge is 0.450 e. The number of nitrogens with two attached hydrogens (primary N) is 1. The Hall–Kier alpha value is -3.17. The molecule has 0 bridgehead atoms. The molecule has 0 saturated heterocycles. The van der Waals surface area contributed by atoms with Crippen LogP contribution in [0.2, 0.25) is 0 Å². The number of hydrogen-bond acceptors (Lipinski definition) is 7. The third-order valence-electron chi connectivity index (χ3n) is 3.54. The number of pyridine rings is 1. The van der Waals surface area contributed by atoms with Gasteiger partial charge >= 0.3 is 12.2 Å². The van der Waals surface area contributed by atoms with Gasteiger partial charge in [-0.25, -0.2) is 9.59 Å². The summed E-state index contributed by atoms with van der Waals surface area (Å²) in [5.41, 5.74) is 4.86. The number of primary amides is 1. The highest BCUT2D eigenvalue weighted by atomic mass is 16.6. The molecule has 1 aromatic heterocycles. The average molecular weight is 408 g/mol. The predicted molar refractivity (Wildman–Crippen MR) is 104 cm³/mol. The van der Waals surface area contributed by atoms with Gasteiger partial charge in [-0.15, -0.1) is 0 Å². The third kappa shape index (κ3) is 10.7. The molecule has 0 aliphatic carbocycles. The van der Waals surface area contributed by atoms with Crippen molar-refractivity contribution in [2.24, 2.45) is 5.73 Å². The Morgan fingerprint density at radius 2 is 1.93 bits per heavy atom. The number of alkyl carbamates (subject to hydrolysis) is 1. The van der Waals surface area contributed by atoms with Crippen LogP contribution in [-0.4, -0.2) is 47.1 Å². The molecule has 160 valence electrons. The molecule has 10 heteroatoms. The molecule has 29 heavy (non-hydrogen) atoms. The fourth-order valence-corrected chi connectivity index (χ4v) is 2.27. The highest BCUT2D eigenvalue weighted by Gasteiger charge is 2.28.